The van der Waals surface area contributed by atoms with Gasteiger partial charge in [0, 0.05) is 0 Å². The normalized spacial score (nSPS) is 12.1. The second-order valence-electron chi connectivity index (χ2n) is 3.76. The number of halogens is 1. The fourth-order valence-corrected chi connectivity index (χ4v) is 3.15. The molecule has 0 N–H and O–H groups in total. The largest absolute Gasteiger partial charge is 0.488 e. The molecule has 2 rings (SSSR count). The predicted octanol–water partition coefficient (Wildman–Crippen LogP) is 2.11. The minimum atomic E-state index is -5.13. The molecule has 0 saturated heterocycles. The first-order valence-electron chi connectivity index (χ1n) is 5.33. The third-order valence-electron chi connectivity index (χ3n) is 2.38. The standard InChI is InChI=1S/C12H9FO5S2/c13-20(16,17)18-10-6-8-12(9-7-10)19(14,15)11-4-2-1-3-5-11/h1-9H. The summed E-state index contributed by atoms with van der Waals surface area (Å²) in [6.45, 7) is 0. The molecule has 0 fully saturated rings. The van der Waals surface area contributed by atoms with E-state index in [2.05, 4.69) is 4.18 Å². The summed E-state index contributed by atoms with van der Waals surface area (Å²) in [5.41, 5.74) is 0. The number of benzene rings is 2. The molecular weight excluding hydrogens is 307 g/mol. The fourth-order valence-electron chi connectivity index (χ4n) is 1.53. The van der Waals surface area contributed by atoms with E-state index in [0.29, 0.717) is 0 Å². The molecular formula is C12H9FO5S2. The van der Waals surface area contributed by atoms with Gasteiger partial charge in [-0.2, -0.15) is 8.42 Å². The van der Waals surface area contributed by atoms with Gasteiger partial charge in [0.2, 0.25) is 9.84 Å². The van der Waals surface area contributed by atoms with Gasteiger partial charge >= 0.3 is 10.5 Å². The lowest BCUT2D eigenvalue weighted by Crippen LogP contribution is -2.03. The molecule has 2 aromatic rings. The Labute approximate surface area is 116 Å². The number of rotatable bonds is 4. The van der Waals surface area contributed by atoms with Crippen molar-refractivity contribution in [3.63, 3.8) is 0 Å². The van der Waals surface area contributed by atoms with E-state index in [4.69, 9.17) is 0 Å². The highest BCUT2D eigenvalue weighted by Gasteiger charge is 2.17. The quantitative estimate of drug-likeness (QED) is 0.807. The van der Waals surface area contributed by atoms with Crippen LogP contribution in [-0.2, 0) is 20.3 Å². The molecule has 0 radical (unpaired) electrons. The summed E-state index contributed by atoms with van der Waals surface area (Å²) in [5, 5.41) is 0. The smallest absolute Gasteiger partial charge is 0.358 e. The van der Waals surface area contributed by atoms with Gasteiger partial charge in [0.05, 0.1) is 9.79 Å². The molecule has 106 valence electrons. The molecule has 0 aliphatic rings. The van der Waals surface area contributed by atoms with Crippen LogP contribution in [0.2, 0.25) is 0 Å². The van der Waals surface area contributed by atoms with Crippen LogP contribution in [0.25, 0.3) is 0 Å². The van der Waals surface area contributed by atoms with Crippen LogP contribution < -0.4 is 4.18 Å². The Morgan fingerprint density at radius 3 is 1.75 bits per heavy atom. The minimum Gasteiger partial charge on any atom is -0.358 e. The van der Waals surface area contributed by atoms with Crippen LogP contribution in [-0.4, -0.2) is 16.8 Å². The van der Waals surface area contributed by atoms with E-state index in [9.17, 15) is 20.7 Å². The van der Waals surface area contributed by atoms with Crippen LogP contribution in [0.4, 0.5) is 3.89 Å². The van der Waals surface area contributed by atoms with Crippen LogP contribution in [0.15, 0.2) is 64.4 Å². The van der Waals surface area contributed by atoms with Gasteiger partial charge in [0.1, 0.15) is 5.75 Å². The Kier molecular flexibility index (Phi) is 3.78. The predicted molar refractivity (Wildman–Crippen MR) is 69.0 cm³/mol. The SMILES string of the molecule is O=S(=O)(F)Oc1ccc(S(=O)(=O)c2ccccc2)cc1. The van der Waals surface area contributed by atoms with Gasteiger partial charge in [-0.3, -0.25) is 0 Å². The van der Waals surface area contributed by atoms with E-state index in [1.165, 1.54) is 12.1 Å². The third-order valence-corrected chi connectivity index (χ3v) is 4.56. The van der Waals surface area contributed by atoms with Crippen molar-refractivity contribution in [2.75, 3.05) is 0 Å². The third kappa shape index (κ3) is 3.34. The molecule has 0 aromatic heterocycles. The van der Waals surface area contributed by atoms with E-state index < -0.39 is 20.3 Å². The second kappa shape index (κ2) is 5.22. The summed E-state index contributed by atoms with van der Waals surface area (Å²) in [6.07, 6.45) is 0. The van der Waals surface area contributed by atoms with Gasteiger partial charge in [-0.15, -0.1) is 0 Å². The van der Waals surface area contributed by atoms with Crippen LogP contribution in [0.5, 0.6) is 5.75 Å². The maximum atomic E-state index is 12.3. The first-order valence-corrected chi connectivity index (χ1v) is 8.12. The average Bonchev–Trinajstić information content (AvgIpc) is 2.38. The van der Waals surface area contributed by atoms with E-state index in [1.54, 1.807) is 18.2 Å². The zero-order valence-electron chi connectivity index (χ0n) is 9.93. The molecule has 0 heterocycles. The van der Waals surface area contributed by atoms with Crippen LogP contribution in [0.3, 0.4) is 0 Å². The van der Waals surface area contributed by atoms with Crippen molar-refractivity contribution in [3.05, 3.63) is 54.6 Å². The van der Waals surface area contributed by atoms with Crippen molar-refractivity contribution in [1.82, 2.24) is 0 Å². The van der Waals surface area contributed by atoms with E-state index in [0.717, 1.165) is 24.3 Å². The molecule has 8 heteroatoms. The number of sulfone groups is 1. The molecule has 20 heavy (non-hydrogen) atoms. The van der Waals surface area contributed by atoms with Gasteiger partial charge in [0.15, 0.2) is 0 Å². The van der Waals surface area contributed by atoms with Gasteiger partial charge in [0.25, 0.3) is 0 Å². The maximum absolute atomic E-state index is 12.3. The Morgan fingerprint density at radius 1 is 0.750 bits per heavy atom. The summed E-state index contributed by atoms with van der Waals surface area (Å²) in [4.78, 5) is 0.0547. The molecule has 2 aromatic carbocycles. The highest BCUT2D eigenvalue weighted by atomic mass is 32.3. The molecule has 0 bridgehead atoms. The Hall–Kier alpha value is -1.93. The molecule has 0 atom stereocenters. The summed E-state index contributed by atoms with van der Waals surface area (Å²) in [6, 6.07) is 12.1. The fraction of sp³-hybridized carbons (Fsp3) is 0. The zero-order chi connectivity index (χ0) is 14.8. The van der Waals surface area contributed by atoms with Crippen LogP contribution in [0.1, 0.15) is 0 Å². The molecule has 0 unspecified atom stereocenters. The summed E-state index contributed by atoms with van der Waals surface area (Å²) < 4.78 is 61.3. The first kappa shape index (κ1) is 14.5. The molecule has 5 nitrogen and oxygen atoms in total. The van der Waals surface area contributed by atoms with Crippen molar-refractivity contribution in [3.8, 4) is 5.75 Å². The van der Waals surface area contributed by atoms with Crippen molar-refractivity contribution < 1.29 is 24.9 Å². The summed E-state index contributed by atoms with van der Waals surface area (Å²) >= 11 is 0. The Balaban J connectivity index is 2.36. The molecule has 0 amide bonds. The minimum absolute atomic E-state index is 0.0488. The molecule has 0 aliphatic carbocycles. The highest BCUT2D eigenvalue weighted by Crippen LogP contribution is 2.23. The lowest BCUT2D eigenvalue weighted by atomic mass is 10.3. The Morgan fingerprint density at radius 2 is 1.25 bits per heavy atom. The first-order chi connectivity index (χ1) is 9.29. The molecule has 0 saturated carbocycles. The maximum Gasteiger partial charge on any atom is 0.488 e. The van der Waals surface area contributed by atoms with E-state index >= 15 is 0 Å². The Bertz CT molecular complexity index is 797. The zero-order valence-corrected chi connectivity index (χ0v) is 11.6. The number of hydrogen-bond acceptors (Lipinski definition) is 5. The monoisotopic (exact) mass is 316 g/mol. The van der Waals surface area contributed by atoms with Gasteiger partial charge in [-0.1, -0.05) is 22.1 Å². The van der Waals surface area contributed by atoms with Gasteiger partial charge < -0.3 is 4.18 Å². The van der Waals surface area contributed by atoms with Gasteiger partial charge in [-0.25, -0.2) is 8.42 Å². The lowest BCUT2D eigenvalue weighted by molar-refractivity contribution is 0.440. The lowest BCUT2D eigenvalue weighted by Gasteiger charge is -2.05. The average molecular weight is 316 g/mol. The van der Waals surface area contributed by atoms with Crippen LogP contribution >= 0.6 is 0 Å². The van der Waals surface area contributed by atoms with Crippen molar-refractivity contribution >= 4 is 20.3 Å². The van der Waals surface area contributed by atoms with Gasteiger partial charge in [-0.05, 0) is 36.4 Å². The highest BCUT2D eigenvalue weighted by molar-refractivity contribution is 7.91. The summed E-state index contributed by atoms with van der Waals surface area (Å²) in [5.74, 6) is -0.306. The van der Waals surface area contributed by atoms with Crippen LogP contribution in [0, 0.1) is 0 Å². The van der Waals surface area contributed by atoms with Crippen molar-refractivity contribution in [2.24, 2.45) is 0 Å². The van der Waals surface area contributed by atoms with E-state index in [-0.39, 0.29) is 15.5 Å². The van der Waals surface area contributed by atoms with Crippen molar-refractivity contribution in [1.29, 1.82) is 0 Å². The topological polar surface area (TPSA) is 77.5 Å². The molecule has 0 aliphatic heterocycles. The number of hydrogen-bond donors (Lipinski definition) is 0. The van der Waals surface area contributed by atoms with Crippen molar-refractivity contribution in [2.45, 2.75) is 9.79 Å². The van der Waals surface area contributed by atoms with E-state index in [1.807, 2.05) is 0 Å². The summed E-state index contributed by atoms with van der Waals surface area (Å²) in [7, 11) is -8.83. The molecule has 0 spiro atoms. The second-order valence-corrected chi connectivity index (χ2v) is 6.67.